The van der Waals surface area contributed by atoms with Crippen LogP contribution in [0.2, 0.25) is 0 Å². The van der Waals surface area contributed by atoms with E-state index in [1.54, 1.807) is 12.1 Å². The third-order valence-corrected chi connectivity index (χ3v) is 2.41. The molecule has 0 saturated heterocycles. The minimum absolute atomic E-state index is 0.216. The van der Waals surface area contributed by atoms with Crippen molar-refractivity contribution in [1.29, 1.82) is 0 Å². The van der Waals surface area contributed by atoms with Crippen LogP contribution in [-0.2, 0) is 0 Å². The Balaban J connectivity index is 2.20. The van der Waals surface area contributed by atoms with Gasteiger partial charge in [-0.25, -0.2) is 5.10 Å². The summed E-state index contributed by atoms with van der Waals surface area (Å²) in [6.45, 7) is 4.08. The van der Waals surface area contributed by atoms with E-state index in [2.05, 4.69) is 16.8 Å². The molecule has 0 bridgehead atoms. The first kappa shape index (κ1) is 12.8. The molecule has 0 radical (unpaired) electrons. The molecule has 1 heterocycles. The van der Waals surface area contributed by atoms with Gasteiger partial charge in [-0.3, -0.25) is 4.79 Å². The Kier molecular flexibility index (Phi) is 4.29. The number of ether oxygens (including phenoxy) is 1. The van der Waals surface area contributed by atoms with Crippen molar-refractivity contribution in [3.8, 4) is 5.75 Å². The summed E-state index contributed by atoms with van der Waals surface area (Å²) in [4.78, 5) is 10.9. The zero-order valence-electron chi connectivity index (χ0n) is 10.4. The summed E-state index contributed by atoms with van der Waals surface area (Å²) in [5.74, 6) is 0.781. The van der Waals surface area contributed by atoms with Gasteiger partial charge < -0.3 is 4.74 Å². The number of nitrogens with one attached hydrogen (secondary N) is 1. The molecule has 1 aromatic heterocycles. The highest BCUT2D eigenvalue weighted by Crippen LogP contribution is 2.20. The molecule has 19 heavy (non-hydrogen) atoms. The largest absolute Gasteiger partial charge is 0.489 e. The maximum absolute atomic E-state index is 10.9. The molecular weight excluding hydrogens is 240 g/mol. The van der Waals surface area contributed by atoms with Gasteiger partial charge in [0.15, 0.2) is 0 Å². The van der Waals surface area contributed by atoms with E-state index in [0.717, 1.165) is 11.3 Å². The van der Waals surface area contributed by atoms with Gasteiger partial charge in [0.1, 0.15) is 12.4 Å². The normalized spacial score (nSPS) is 10.5. The fourth-order valence-corrected chi connectivity index (χ4v) is 1.52. The topological polar surface area (TPSA) is 55.0 Å². The molecule has 1 aromatic carbocycles. The Labute approximate surface area is 111 Å². The van der Waals surface area contributed by atoms with E-state index < -0.39 is 0 Å². The molecule has 4 heteroatoms. The third kappa shape index (κ3) is 3.67. The minimum Gasteiger partial charge on any atom is -0.489 e. The van der Waals surface area contributed by atoms with Crippen LogP contribution in [0.3, 0.4) is 0 Å². The SMILES string of the molecule is C=CCOc1ccccc1/C=C/c1ccc(=O)[nH]n1. The smallest absolute Gasteiger partial charge is 0.264 e. The molecule has 2 rings (SSSR count). The second kappa shape index (κ2) is 6.35. The van der Waals surface area contributed by atoms with Crippen molar-refractivity contribution < 1.29 is 4.74 Å². The van der Waals surface area contributed by atoms with E-state index in [0.29, 0.717) is 12.3 Å². The van der Waals surface area contributed by atoms with Crippen molar-refractivity contribution in [3.05, 3.63) is 70.7 Å². The molecule has 0 aliphatic rings. The lowest BCUT2D eigenvalue weighted by Crippen LogP contribution is -2.05. The number of nitrogens with zero attached hydrogens (tertiary/aromatic N) is 1. The summed E-state index contributed by atoms with van der Waals surface area (Å²) in [5.41, 5.74) is 1.40. The summed E-state index contributed by atoms with van der Waals surface area (Å²) < 4.78 is 5.55. The molecule has 2 aromatic rings. The molecule has 0 spiro atoms. The van der Waals surface area contributed by atoms with Gasteiger partial charge in [0.05, 0.1) is 5.69 Å². The lowest BCUT2D eigenvalue weighted by molar-refractivity contribution is 0.362. The van der Waals surface area contributed by atoms with E-state index in [9.17, 15) is 4.79 Å². The van der Waals surface area contributed by atoms with E-state index in [1.165, 1.54) is 6.07 Å². The lowest BCUT2D eigenvalue weighted by atomic mass is 10.1. The van der Waals surface area contributed by atoms with Gasteiger partial charge in [0, 0.05) is 11.6 Å². The van der Waals surface area contributed by atoms with Crippen LogP contribution in [0, 0.1) is 0 Å². The monoisotopic (exact) mass is 254 g/mol. The maximum Gasteiger partial charge on any atom is 0.264 e. The Morgan fingerprint density at radius 3 is 2.79 bits per heavy atom. The lowest BCUT2D eigenvalue weighted by Gasteiger charge is -2.06. The third-order valence-electron chi connectivity index (χ3n) is 2.41. The minimum atomic E-state index is -0.216. The molecule has 1 N–H and O–H groups in total. The molecule has 0 unspecified atom stereocenters. The highest BCUT2D eigenvalue weighted by molar-refractivity contribution is 5.71. The molecule has 0 aliphatic heterocycles. The van der Waals surface area contributed by atoms with Crippen molar-refractivity contribution in [2.24, 2.45) is 0 Å². The van der Waals surface area contributed by atoms with Crippen LogP contribution >= 0.6 is 0 Å². The van der Waals surface area contributed by atoms with Crippen LogP contribution in [0.15, 0.2) is 53.8 Å². The molecule has 96 valence electrons. The van der Waals surface area contributed by atoms with Crippen LogP contribution in [0.5, 0.6) is 5.75 Å². The van der Waals surface area contributed by atoms with E-state index in [4.69, 9.17) is 4.74 Å². The Hall–Kier alpha value is -2.62. The molecule has 0 atom stereocenters. The summed E-state index contributed by atoms with van der Waals surface area (Å²) in [7, 11) is 0. The van der Waals surface area contributed by atoms with Gasteiger partial charge in [0.25, 0.3) is 5.56 Å². The van der Waals surface area contributed by atoms with E-state index >= 15 is 0 Å². The van der Waals surface area contributed by atoms with Crippen molar-refractivity contribution in [1.82, 2.24) is 10.2 Å². The van der Waals surface area contributed by atoms with Crippen LogP contribution in [0.25, 0.3) is 12.2 Å². The molecule has 0 amide bonds. The highest BCUT2D eigenvalue weighted by atomic mass is 16.5. The summed E-state index contributed by atoms with van der Waals surface area (Å²) >= 11 is 0. The van der Waals surface area contributed by atoms with Gasteiger partial charge >= 0.3 is 0 Å². The number of aromatic nitrogens is 2. The van der Waals surface area contributed by atoms with Crippen LogP contribution in [0.1, 0.15) is 11.3 Å². The number of rotatable bonds is 5. The summed E-state index contributed by atoms with van der Waals surface area (Å²) in [6.07, 6.45) is 5.40. The Bertz CT molecular complexity index is 624. The van der Waals surface area contributed by atoms with Gasteiger partial charge in [-0.05, 0) is 24.3 Å². The average Bonchev–Trinajstić information content (AvgIpc) is 2.45. The Morgan fingerprint density at radius 2 is 2.05 bits per heavy atom. The summed E-state index contributed by atoms with van der Waals surface area (Å²) in [6, 6.07) is 10.8. The maximum atomic E-state index is 10.9. The number of hydrogen-bond acceptors (Lipinski definition) is 3. The molecule has 0 saturated carbocycles. The fraction of sp³-hybridized carbons (Fsp3) is 0.0667. The number of benzene rings is 1. The van der Waals surface area contributed by atoms with Crippen molar-refractivity contribution in [2.45, 2.75) is 0 Å². The quantitative estimate of drug-likeness (QED) is 0.834. The number of hydrogen-bond donors (Lipinski definition) is 1. The van der Waals surface area contributed by atoms with Crippen molar-refractivity contribution in [2.75, 3.05) is 6.61 Å². The first-order chi connectivity index (χ1) is 9.29. The fourth-order valence-electron chi connectivity index (χ4n) is 1.52. The second-order valence-corrected chi connectivity index (χ2v) is 3.82. The van der Waals surface area contributed by atoms with E-state index in [-0.39, 0.29) is 5.56 Å². The van der Waals surface area contributed by atoms with Gasteiger partial charge in [0.2, 0.25) is 0 Å². The first-order valence-corrected chi connectivity index (χ1v) is 5.86. The summed E-state index contributed by atoms with van der Waals surface area (Å²) in [5, 5.41) is 6.29. The second-order valence-electron chi connectivity index (χ2n) is 3.82. The molecule has 4 nitrogen and oxygen atoms in total. The van der Waals surface area contributed by atoms with Gasteiger partial charge in [-0.2, -0.15) is 5.10 Å². The predicted octanol–water partition coefficient (Wildman–Crippen LogP) is 2.51. The zero-order valence-corrected chi connectivity index (χ0v) is 10.4. The van der Waals surface area contributed by atoms with Gasteiger partial charge in [-0.15, -0.1) is 0 Å². The van der Waals surface area contributed by atoms with Crippen molar-refractivity contribution in [3.63, 3.8) is 0 Å². The van der Waals surface area contributed by atoms with Gasteiger partial charge in [-0.1, -0.05) is 30.9 Å². The molecular formula is C15H14N2O2. The van der Waals surface area contributed by atoms with Crippen molar-refractivity contribution >= 4 is 12.2 Å². The highest BCUT2D eigenvalue weighted by Gasteiger charge is 1.98. The standard InChI is InChI=1S/C15H14N2O2/c1-2-11-19-14-6-4-3-5-12(14)7-8-13-9-10-15(18)17-16-13/h2-10H,1,11H2,(H,17,18)/b8-7+. The predicted molar refractivity (Wildman–Crippen MR) is 75.9 cm³/mol. The van der Waals surface area contributed by atoms with Crippen LogP contribution in [0.4, 0.5) is 0 Å². The first-order valence-electron chi connectivity index (χ1n) is 5.86. The number of H-pyrrole nitrogens is 1. The molecule has 0 fully saturated rings. The Morgan fingerprint density at radius 1 is 1.21 bits per heavy atom. The number of para-hydroxylation sites is 1. The number of aromatic amines is 1. The van der Waals surface area contributed by atoms with Crippen LogP contribution < -0.4 is 10.3 Å². The zero-order chi connectivity index (χ0) is 13.5. The van der Waals surface area contributed by atoms with Crippen LogP contribution in [-0.4, -0.2) is 16.8 Å². The molecule has 0 aliphatic carbocycles. The van der Waals surface area contributed by atoms with E-state index in [1.807, 2.05) is 36.4 Å². The average molecular weight is 254 g/mol.